The maximum atomic E-state index is 13.2. The zero-order chi connectivity index (χ0) is 21.6. The van der Waals surface area contributed by atoms with Gasteiger partial charge in [-0.3, -0.25) is 14.2 Å². The second-order valence-electron chi connectivity index (χ2n) is 7.79. The van der Waals surface area contributed by atoms with E-state index < -0.39 is 23.8 Å². The fourth-order valence-corrected chi connectivity index (χ4v) is 3.99. The topological polar surface area (TPSA) is 91.4 Å². The SMILES string of the molecule is CCOC(=O)Cn1c(=O)c2c(nc3n2C[C@@H](C)CN3c2cccc(C)c2)n(C)c1=O. The number of hydrogen-bond donors (Lipinski definition) is 0. The van der Waals surface area contributed by atoms with Crippen LogP contribution < -0.4 is 16.1 Å². The van der Waals surface area contributed by atoms with Crippen molar-refractivity contribution in [3.05, 3.63) is 50.7 Å². The summed E-state index contributed by atoms with van der Waals surface area (Å²) in [6.45, 7) is 6.91. The molecule has 0 radical (unpaired) electrons. The number of imidazole rings is 1. The van der Waals surface area contributed by atoms with Crippen LogP contribution >= 0.6 is 0 Å². The Hall–Kier alpha value is -3.36. The van der Waals surface area contributed by atoms with Crippen molar-refractivity contribution in [1.29, 1.82) is 0 Å². The lowest BCUT2D eigenvalue weighted by molar-refractivity contribution is -0.143. The molecule has 1 aromatic carbocycles. The summed E-state index contributed by atoms with van der Waals surface area (Å²) in [5.74, 6) is 0.254. The van der Waals surface area contributed by atoms with Gasteiger partial charge in [-0.25, -0.2) is 9.36 Å². The summed E-state index contributed by atoms with van der Waals surface area (Å²) < 4.78 is 9.03. The molecular weight excluding hydrogens is 386 g/mol. The number of aryl methyl sites for hydroxylation is 2. The molecule has 1 aliphatic rings. The molecule has 0 bridgehead atoms. The third-order valence-corrected chi connectivity index (χ3v) is 5.35. The van der Waals surface area contributed by atoms with Crippen LogP contribution in [0, 0.1) is 12.8 Å². The minimum Gasteiger partial charge on any atom is -0.465 e. The van der Waals surface area contributed by atoms with Crippen LogP contribution in [0.5, 0.6) is 0 Å². The molecule has 0 spiro atoms. The Morgan fingerprint density at radius 2 is 2.03 bits per heavy atom. The first-order valence-electron chi connectivity index (χ1n) is 10.0. The molecule has 2 aromatic heterocycles. The number of ether oxygens (including phenoxy) is 1. The zero-order valence-corrected chi connectivity index (χ0v) is 17.6. The number of nitrogens with zero attached hydrogens (tertiary/aromatic N) is 5. The summed E-state index contributed by atoms with van der Waals surface area (Å²) in [5, 5.41) is 0. The van der Waals surface area contributed by atoms with Crippen molar-refractivity contribution in [3.63, 3.8) is 0 Å². The van der Waals surface area contributed by atoms with Crippen molar-refractivity contribution in [2.75, 3.05) is 18.1 Å². The lowest BCUT2D eigenvalue weighted by Crippen LogP contribution is -2.42. The van der Waals surface area contributed by atoms with Gasteiger partial charge < -0.3 is 14.2 Å². The number of fused-ring (bicyclic) bond motifs is 3. The van der Waals surface area contributed by atoms with Crippen LogP contribution in [0.15, 0.2) is 33.9 Å². The highest BCUT2D eigenvalue weighted by Gasteiger charge is 2.30. The van der Waals surface area contributed by atoms with E-state index in [-0.39, 0.29) is 12.5 Å². The van der Waals surface area contributed by atoms with E-state index in [1.54, 1.807) is 14.0 Å². The summed E-state index contributed by atoms with van der Waals surface area (Å²) in [6.07, 6.45) is 0. The highest BCUT2D eigenvalue weighted by atomic mass is 16.5. The van der Waals surface area contributed by atoms with E-state index in [4.69, 9.17) is 4.74 Å². The number of anilines is 2. The molecule has 0 amide bonds. The molecule has 3 heterocycles. The maximum Gasteiger partial charge on any atom is 0.333 e. The number of esters is 1. The van der Waals surface area contributed by atoms with Gasteiger partial charge >= 0.3 is 11.7 Å². The quantitative estimate of drug-likeness (QED) is 0.605. The van der Waals surface area contributed by atoms with Crippen LogP contribution in [-0.4, -0.2) is 37.8 Å². The number of benzene rings is 1. The van der Waals surface area contributed by atoms with Gasteiger partial charge in [-0.15, -0.1) is 0 Å². The van der Waals surface area contributed by atoms with E-state index >= 15 is 0 Å². The van der Waals surface area contributed by atoms with Gasteiger partial charge in [0.15, 0.2) is 11.2 Å². The fraction of sp³-hybridized carbons (Fsp3) is 0.429. The maximum absolute atomic E-state index is 13.2. The van der Waals surface area contributed by atoms with Crippen molar-refractivity contribution < 1.29 is 9.53 Å². The Labute approximate surface area is 173 Å². The van der Waals surface area contributed by atoms with Crippen LogP contribution in [-0.2, 0) is 29.7 Å². The molecule has 4 rings (SSSR count). The normalized spacial score (nSPS) is 16.0. The number of aromatic nitrogens is 4. The van der Waals surface area contributed by atoms with E-state index in [1.165, 1.54) is 4.57 Å². The van der Waals surface area contributed by atoms with Gasteiger partial charge in [0.25, 0.3) is 5.56 Å². The van der Waals surface area contributed by atoms with E-state index in [1.807, 2.05) is 29.7 Å². The third kappa shape index (κ3) is 3.20. The highest BCUT2D eigenvalue weighted by Crippen LogP contribution is 2.33. The Kier molecular flexibility index (Phi) is 4.97. The Morgan fingerprint density at radius 1 is 1.27 bits per heavy atom. The minimum atomic E-state index is -0.621. The summed E-state index contributed by atoms with van der Waals surface area (Å²) in [6, 6.07) is 8.09. The largest absolute Gasteiger partial charge is 0.465 e. The van der Waals surface area contributed by atoms with E-state index in [0.29, 0.717) is 23.7 Å². The minimum absolute atomic E-state index is 0.182. The van der Waals surface area contributed by atoms with Crippen molar-refractivity contribution in [2.45, 2.75) is 33.9 Å². The molecule has 30 heavy (non-hydrogen) atoms. The first-order valence-corrected chi connectivity index (χ1v) is 10.0. The second kappa shape index (κ2) is 7.47. The second-order valence-corrected chi connectivity index (χ2v) is 7.79. The highest BCUT2D eigenvalue weighted by molar-refractivity contribution is 5.77. The lowest BCUT2D eigenvalue weighted by atomic mass is 10.1. The molecule has 158 valence electrons. The lowest BCUT2D eigenvalue weighted by Gasteiger charge is -2.33. The molecule has 0 fully saturated rings. The molecule has 0 saturated heterocycles. The van der Waals surface area contributed by atoms with Crippen molar-refractivity contribution >= 4 is 28.8 Å². The fourth-order valence-electron chi connectivity index (χ4n) is 3.99. The first-order chi connectivity index (χ1) is 14.3. The number of hydrogen-bond acceptors (Lipinski definition) is 6. The van der Waals surface area contributed by atoms with Crippen LogP contribution in [0.3, 0.4) is 0 Å². The molecule has 1 atom stereocenters. The Bertz CT molecular complexity index is 1250. The van der Waals surface area contributed by atoms with E-state index in [9.17, 15) is 14.4 Å². The predicted octanol–water partition coefficient (Wildman–Crippen LogP) is 1.56. The van der Waals surface area contributed by atoms with Gasteiger partial charge in [0.1, 0.15) is 6.54 Å². The van der Waals surface area contributed by atoms with Crippen LogP contribution in [0.1, 0.15) is 19.4 Å². The molecule has 3 aromatic rings. The Morgan fingerprint density at radius 3 is 2.73 bits per heavy atom. The smallest absolute Gasteiger partial charge is 0.333 e. The molecule has 0 aliphatic carbocycles. The van der Waals surface area contributed by atoms with Gasteiger partial charge in [-0.2, -0.15) is 4.98 Å². The van der Waals surface area contributed by atoms with Crippen molar-refractivity contribution in [2.24, 2.45) is 13.0 Å². The zero-order valence-electron chi connectivity index (χ0n) is 17.6. The number of rotatable bonds is 4. The van der Waals surface area contributed by atoms with Gasteiger partial charge in [-0.1, -0.05) is 19.1 Å². The van der Waals surface area contributed by atoms with E-state index in [0.717, 1.165) is 22.4 Å². The van der Waals surface area contributed by atoms with Crippen molar-refractivity contribution in [3.8, 4) is 0 Å². The van der Waals surface area contributed by atoms with Gasteiger partial charge in [0, 0.05) is 25.8 Å². The van der Waals surface area contributed by atoms with Crippen molar-refractivity contribution in [1.82, 2.24) is 18.7 Å². The van der Waals surface area contributed by atoms with Crippen LogP contribution in [0.2, 0.25) is 0 Å². The van der Waals surface area contributed by atoms with Crippen LogP contribution in [0.4, 0.5) is 11.6 Å². The molecule has 9 heteroatoms. The number of carbonyl (C=O) groups is 1. The summed E-state index contributed by atoms with van der Waals surface area (Å²) >= 11 is 0. The summed E-state index contributed by atoms with van der Waals surface area (Å²) in [4.78, 5) is 44.7. The summed E-state index contributed by atoms with van der Waals surface area (Å²) in [5.41, 5.74) is 1.62. The Balaban J connectivity index is 1.94. The van der Waals surface area contributed by atoms with Crippen LogP contribution in [0.25, 0.3) is 11.2 Å². The standard InChI is InChI=1S/C21H25N5O4/c1-5-30-16(27)12-26-19(28)17-18(23(4)21(26)29)22-20-24(10-14(3)11-25(17)20)15-8-6-7-13(2)9-15/h6-9,14H,5,10-12H2,1-4H3/t14-/m0/s1. The third-order valence-electron chi connectivity index (χ3n) is 5.35. The van der Waals surface area contributed by atoms with E-state index in [2.05, 4.69) is 22.9 Å². The molecule has 1 aliphatic heterocycles. The predicted molar refractivity (Wildman–Crippen MR) is 113 cm³/mol. The van der Waals surface area contributed by atoms with Gasteiger partial charge in [-0.05, 0) is 37.5 Å². The monoisotopic (exact) mass is 411 g/mol. The average Bonchev–Trinajstić information content (AvgIpc) is 3.08. The molecular formula is C21H25N5O4. The first kappa shape index (κ1) is 19.9. The molecule has 0 unspecified atom stereocenters. The average molecular weight is 411 g/mol. The molecule has 0 N–H and O–H groups in total. The molecule has 9 nitrogen and oxygen atoms in total. The van der Waals surface area contributed by atoms with Gasteiger partial charge in [0.2, 0.25) is 5.95 Å². The number of carbonyl (C=O) groups excluding carboxylic acids is 1. The summed E-state index contributed by atoms with van der Waals surface area (Å²) in [7, 11) is 1.56. The molecule has 0 saturated carbocycles. The van der Waals surface area contributed by atoms with Gasteiger partial charge in [0.05, 0.1) is 6.61 Å².